The standard InChI is InChI=1S/C17H20FN3O/c18-14-4-6-15(7-5-14)20-17(22)12-13-2-8-16(9-3-13)21-11-1-10-19-21/h1,4-7,10-11,13,16H,2-3,8-9,12H2,(H,20,22)/t13-,16+. The molecule has 1 N–H and O–H groups in total. The zero-order valence-electron chi connectivity index (χ0n) is 12.4. The second kappa shape index (κ2) is 6.73. The molecule has 1 aliphatic rings. The molecule has 0 unspecified atom stereocenters. The van der Waals surface area contributed by atoms with Gasteiger partial charge >= 0.3 is 0 Å². The van der Waals surface area contributed by atoms with E-state index in [1.807, 2.05) is 23.1 Å². The molecule has 2 aromatic rings. The zero-order chi connectivity index (χ0) is 15.4. The molecule has 1 amide bonds. The van der Waals surface area contributed by atoms with Crippen LogP contribution in [0.2, 0.25) is 0 Å². The van der Waals surface area contributed by atoms with Gasteiger partial charge < -0.3 is 5.32 Å². The van der Waals surface area contributed by atoms with Crippen molar-refractivity contribution in [3.05, 3.63) is 48.5 Å². The number of halogens is 1. The van der Waals surface area contributed by atoms with Gasteiger partial charge in [-0.05, 0) is 61.9 Å². The summed E-state index contributed by atoms with van der Waals surface area (Å²) in [7, 11) is 0. The Kier molecular flexibility index (Phi) is 4.51. The summed E-state index contributed by atoms with van der Waals surface area (Å²) < 4.78 is 14.9. The molecule has 1 aliphatic carbocycles. The average molecular weight is 301 g/mol. The lowest BCUT2D eigenvalue weighted by Gasteiger charge is -2.28. The van der Waals surface area contributed by atoms with Gasteiger partial charge in [-0.2, -0.15) is 5.10 Å². The Bertz CT molecular complexity index is 601. The predicted octanol–water partition coefficient (Wildman–Crippen LogP) is 3.78. The summed E-state index contributed by atoms with van der Waals surface area (Å²) in [6, 6.07) is 8.29. The molecule has 1 saturated carbocycles. The van der Waals surface area contributed by atoms with Gasteiger partial charge in [-0.1, -0.05) is 0 Å². The van der Waals surface area contributed by atoms with Gasteiger partial charge in [0.25, 0.3) is 0 Å². The first-order valence-corrected chi connectivity index (χ1v) is 7.75. The van der Waals surface area contributed by atoms with Crippen LogP contribution >= 0.6 is 0 Å². The molecular weight excluding hydrogens is 281 g/mol. The molecule has 0 bridgehead atoms. The van der Waals surface area contributed by atoms with Gasteiger partial charge in [-0.25, -0.2) is 4.39 Å². The zero-order valence-corrected chi connectivity index (χ0v) is 12.4. The van der Waals surface area contributed by atoms with E-state index in [-0.39, 0.29) is 11.7 Å². The van der Waals surface area contributed by atoms with E-state index in [1.54, 1.807) is 12.1 Å². The third-order valence-corrected chi connectivity index (χ3v) is 4.32. The highest BCUT2D eigenvalue weighted by molar-refractivity contribution is 5.90. The topological polar surface area (TPSA) is 46.9 Å². The Morgan fingerprint density at radius 2 is 1.95 bits per heavy atom. The maximum absolute atomic E-state index is 12.8. The van der Waals surface area contributed by atoms with E-state index in [0.717, 1.165) is 25.7 Å². The molecule has 0 aliphatic heterocycles. The number of nitrogens with zero attached hydrogens (tertiary/aromatic N) is 2. The number of carbonyl (C=O) groups excluding carboxylic acids is 1. The first-order chi connectivity index (χ1) is 10.7. The van der Waals surface area contributed by atoms with Crippen LogP contribution in [-0.2, 0) is 4.79 Å². The van der Waals surface area contributed by atoms with Gasteiger partial charge in [-0.3, -0.25) is 9.48 Å². The summed E-state index contributed by atoms with van der Waals surface area (Å²) >= 11 is 0. The van der Waals surface area contributed by atoms with Crippen molar-refractivity contribution in [2.45, 2.75) is 38.1 Å². The fraction of sp³-hybridized carbons (Fsp3) is 0.412. The van der Waals surface area contributed by atoms with Crippen molar-refractivity contribution < 1.29 is 9.18 Å². The van der Waals surface area contributed by atoms with Crippen LogP contribution in [0.3, 0.4) is 0 Å². The Balaban J connectivity index is 1.46. The molecule has 1 heterocycles. The molecule has 0 spiro atoms. The Hall–Kier alpha value is -2.17. The van der Waals surface area contributed by atoms with E-state index in [1.165, 1.54) is 12.1 Å². The quantitative estimate of drug-likeness (QED) is 0.934. The third kappa shape index (κ3) is 3.72. The fourth-order valence-electron chi connectivity index (χ4n) is 3.12. The Labute approximate surface area is 129 Å². The molecule has 5 heteroatoms. The summed E-state index contributed by atoms with van der Waals surface area (Å²) in [5, 5.41) is 7.13. The summed E-state index contributed by atoms with van der Waals surface area (Å²) in [5.74, 6) is 0.136. The molecule has 0 atom stereocenters. The van der Waals surface area contributed by atoms with Gasteiger partial charge in [0.1, 0.15) is 5.82 Å². The highest BCUT2D eigenvalue weighted by Gasteiger charge is 2.24. The summed E-state index contributed by atoms with van der Waals surface area (Å²) in [5.41, 5.74) is 0.650. The number of aromatic nitrogens is 2. The van der Waals surface area contributed by atoms with Crippen LogP contribution in [0.25, 0.3) is 0 Å². The van der Waals surface area contributed by atoms with Crippen molar-refractivity contribution in [2.24, 2.45) is 5.92 Å². The first-order valence-electron chi connectivity index (χ1n) is 7.75. The number of anilines is 1. The van der Waals surface area contributed by atoms with Crippen molar-refractivity contribution in [3.8, 4) is 0 Å². The minimum absolute atomic E-state index is 0.00847. The van der Waals surface area contributed by atoms with Crippen LogP contribution in [-0.4, -0.2) is 15.7 Å². The summed E-state index contributed by atoms with van der Waals surface area (Å²) in [6.45, 7) is 0. The Morgan fingerprint density at radius 1 is 1.23 bits per heavy atom. The molecule has 1 aromatic carbocycles. The molecule has 1 fully saturated rings. The molecule has 116 valence electrons. The van der Waals surface area contributed by atoms with Crippen LogP contribution in [0.4, 0.5) is 10.1 Å². The molecule has 3 rings (SSSR count). The lowest BCUT2D eigenvalue weighted by Crippen LogP contribution is -2.22. The van der Waals surface area contributed by atoms with Crippen LogP contribution in [0.1, 0.15) is 38.1 Å². The van der Waals surface area contributed by atoms with Gasteiger partial charge in [0, 0.05) is 24.5 Å². The smallest absolute Gasteiger partial charge is 0.224 e. The number of amides is 1. The largest absolute Gasteiger partial charge is 0.326 e. The molecule has 0 radical (unpaired) electrons. The van der Waals surface area contributed by atoms with Gasteiger partial charge in [-0.15, -0.1) is 0 Å². The normalized spacial score (nSPS) is 21.5. The average Bonchev–Trinajstić information content (AvgIpc) is 3.05. The van der Waals surface area contributed by atoms with Crippen molar-refractivity contribution in [2.75, 3.05) is 5.32 Å². The third-order valence-electron chi connectivity index (χ3n) is 4.32. The number of hydrogen-bond donors (Lipinski definition) is 1. The second-order valence-electron chi connectivity index (χ2n) is 5.92. The maximum atomic E-state index is 12.8. The van der Waals surface area contributed by atoms with Crippen LogP contribution < -0.4 is 5.32 Å². The highest BCUT2D eigenvalue weighted by Crippen LogP contribution is 2.33. The van der Waals surface area contributed by atoms with E-state index in [4.69, 9.17) is 0 Å². The molecular formula is C17H20FN3O. The minimum atomic E-state index is -0.296. The van der Waals surface area contributed by atoms with Gasteiger partial charge in [0.05, 0.1) is 6.04 Å². The summed E-state index contributed by atoms with van der Waals surface area (Å²) in [4.78, 5) is 12.1. The molecule has 22 heavy (non-hydrogen) atoms. The Morgan fingerprint density at radius 3 is 2.59 bits per heavy atom. The van der Waals surface area contributed by atoms with Crippen molar-refractivity contribution in [3.63, 3.8) is 0 Å². The van der Waals surface area contributed by atoms with Crippen molar-refractivity contribution in [1.29, 1.82) is 0 Å². The monoisotopic (exact) mass is 301 g/mol. The summed E-state index contributed by atoms with van der Waals surface area (Å²) in [6.07, 6.45) is 8.56. The second-order valence-corrected chi connectivity index (χ2v) is 5.92. The fourth-order valence-corrected chi connectivity index (χ4v) is 3.12. The van der Waals surface area contributed by atoms with Crippen LogP contribution in [0, 0.1) is 11.7 Å². The highest BCUT2D eigenvalue weighted by atomic mass is 19.1. The van der Waals surface area contributed by atoms with E-state index in [2.05, 4.69) is 10.4 Å². The number of rotatable bonds is 4. The SMILES string of the molecule is O=C(C[C@H]1CC[C@@H](n2cccn2)CC1)Nc1ccc(F)cc1. The van der Waals surface area contributed by atoms with E-state index < -0.39 is 0 Å². The first kappa shape index (κ1) is 14.8. The van der Waals surface area contributed by atoms with E-state index in [0.29, 0.717) is 24.1 Å². The van der Waals surface area contributed by atoms with Crippen LogP contribution in [0.5, 0.6) is 0 Å². The molecule has 1 aromatic heterocycles. The van der Waals surface area contributed by atoms with E-state index >= 15 is 0 Å². The van der Waals surface area contributed by atoms with Crippen molar-refractivity contribution >= 4 is 11.6 Å². The van der Waals surface area contributed by atoms with Crippen molar-refractivity contribution in [1.82, 2.24) is 9.78 Å². The maximum Gasteiger partial charge on any atom is 0.224 e. The van der Waals surface area contributed by atoms with Gasteiger partial charge in [0.2, 0.25) is 5.91 Å². The number of benzene rings is 1. The van der Waals surface area contributed by atoms with Gasteiger partial charge in [0.15, 0.2) is 0 Å². The number of nitrogens with one attached hydrogen (secondary N) is 1. The lowest BCUT2D eigenvalue weighted by atomic mass is 9.84. The minimum Gasteiger partial charge on any atom is -0.326 e. The van der Waals surface area contributed by atoms with Crippen LogP contribution in [0.15, 0.2) is 42.7 Å². The number of carbonyl (C=O) groups is 1. The molecule has 0 saturated heterocycles. The lowest BCUT2D eigenvalue weighted by molar-refractivity contribution is -0.117. The van der Waals surface area contributed by atoms with E-state index in [9.17, 15) is 9.18 Å². The number of hydrogen-bond acceptors (Lipinski definition) is 2. The molecule has 4 nitrogen and oxygen atoms in total. The predicted molar refractivity (Wildman–Crippen MR) is 82.9 cm³/mol.